The van der Waals surface area contributed by atoms with Crippen LogP contribution in [0.2, 0.25) is 0 Å². The Labute approximate surface area is 176 Å². The molecule has 27 heavy (non-hydrogen) atoms. The van der Waals surface area contributed by atoms with Crippen LogP contribution in [0.25, 0.3) is 0 Å². The Bertz CT molecular complexity index is 758. The number of hydrogen-bond donors (Lipinski definition) is 2. The maximum absolute atomic E-state index is 11.1. The van der Waals surface area contributed by atoms with E-state index in [1.807, 2.05) is 25.6 Å². The van der Waals surface area contributed by atoms with Crippen LogP contribution >= 0.6 is 24.0 Å². The van der Waals surface area contributed by atoms with Gasteiger partial charge in [0.2, 0.25) is 0 Å². The van der Waals surface area contributed by atoms with Gasteiger partial charge in [-0.1, -0.05) is 6.92 Å². The zero-order valence-electron chi connectivity index (χ0n) is 15.7. The Hall–Kier alpha value is -2.04. The Kier molecular flexibility index (Phi) is 7.69. The topological polar surface area (TPSA) is 102 Å². The number of rotatable bonds is 5. The van der Waals surface area contributed by atoms with Gasteiger partial charge in [-0.15, -0.1) is 24.0 Å². The molecule has 2 atom stereocenters. The number of piperidine rings is 1. The number of aliphatic imine (C=N–C) groups is 1. The van der Waals surface area contributed by atoms with E-state index in [1.165, 1.54) is 0 Å². The molecule has 2 unspecified atom stereocenters. The first kappa shape index (κ1) is 21.3. The summed E-state index contributed by atoms with van der Waals surface area (Å²) in [5.74, 6) is 1.63. The number of carbonyl (C=O) groups excluding carboxylic acids is 1. The first-order valence-electron chi connectivity index (χ1n) is 8.97. The fourth-order valence-corrected chi connectivity index (χ4v) is 3.27. The summed E-state index contributed by atoms with van der Waals surface area (Å²) < 4.78 is 7.59. The first-order valence-corrected chi connectivity index (χ1v) is 8.97. The average Bonchev–Trinajstić information content (AvgIpc) is 3.31. The minimum absolute atomic E-state index is 0. The third-order valence-corrected chi connectivity index (χ3v) is 4.75. The summed E-state index contributed by atoms with van der Waals surface area (Å²) in [6, 6.07) is 3.68. The lowest BCUT2D eigenvalue weighted by Gasteiger charge is -2.39. The zero-order chi connectivity index (χ0) is 18.5. The van der Waals surface area contributed by atoms with Gasteiger partial charge in [0.15, 0.2) is 11.7 Å². The molecule has 3 N–H and O–H groups in total. The Balaban J connectivity index is 0.00000261. The lowest BCUT2D eigenvalue weighted by molar-refractivity contribution is 0.0972. The fraction of sp³-hybridized carbons (Fsp3) is 0.500. The molecule has 2 aromatic rings. The van der Waals surface area contributed by atoms with Crippen molar-refractivity contribution in [3.63, 3.8) is 0 Å². The second-order valence-electron chi connectivity index (χ2n) is 6.59. The minimum Gasteiger partial charge on any atom is -0.454 e. The summed E-state index contributed by atoms with van der Waals surface area (Å²) in [4.78, 5) is 22.3. The largest absolute Gasteiger partial charge is 0.454 e. The van der Waals surface area contributed by atoms with Gasteiger partial charge in [-0.2, -0.15) is 0 Å². The number of primary amides is 1. The highest BCUT2D eigenvalue weighted by atomic mass is 127. The molecule has 148 valence electrons. The molecule has 3 heterocycles. The summed E-state index contributed by atoms with van der Waals surface area (Å²) in [6.07, 6.45) is 6.80. The van der Waals surface area contributed by atoms with Crippen molar-refractivity contribution in [3.05, 3.63) is 42.4 Å². The van der Waals surface area contributed by atoms with Crippen LogP contribution in [0.4, 0.5) is 0 Å². The number of likely N-dealkylation sites (tertiary alicyclic amines) is 1. The normalized spacial score (nSPS) is 20.2. The van der Waals surface area contributed by atoms with E-state index in [0.29, 0.717) is 24.3 Å². The van der Waals surface area contributed by atoms with Gasteiger partial charge >= 0.3 is 0 Å². The van der Waals surface area contributed by atoms with Gasteiger partial charge in [0, 0.05) is 32.0 Å². The third kappa shape index (κ3) is 5.24. The van der Waals surface area contributed by atoms with Crippen molar-refractivity contribution >= 4 is 35.8 Å². The maximum atomic E-state index is 11.1. The number of imidazole rings is 1. The van der Waals surface area contributed by atoms with Crippen molar-refractivity contribution in [2.75, 3.05) is 19.6 Å². The van der Waals surface area contributed by atoms with Crippen molar-refractivity contribution in [2.45, 2.75) is 32.9 Å². The second-order valence-corrected chi connectivity index (χ2v) is 6.59. The molecule has 2 aromatic heterocycles. The van der Waals surface area contributed by atoms with Crippen LogP contribution in [0.5, 0.6) is 0 Å². The molecule has 1 aliphatic rings. The van der Waals surface area contributed by atoms with Gasteiger partial charge in [0.05, 0.1) is 12.4 Å². The van der Waals surface area contributed by atoms with E-state index in [0.717, 1.165) is 32.0 Å². The summed E-state index contributed by atoms with van der Waals surface area (Å²) in [7, 11) is 0. The van der Waals surface area contributed by atoms with Gasteiger partial charge < -0.3 is 24.9 Å². The predicted molar refractivity (Wildman–Crippen MR) is 114 cm³/mol. The summed E-state index contributed by atoms with van der Waals surface area (Å²) in [5, 5.41) is 3.35. The average molecular weight is 486 g/mol. The number of halogens is 1. The van der Waals surface area contributed by atoms with Crippen molar-refractivity contribution in [3.8, 4) is 0 Å². The molecule has 0 saturated carbocycles. The zero-order valence-corrected chi connectivity index (χ0v) is 18.0. The van der Waals surface area contributed by atoms with Crippen molar-refractivity contribution in [1.82, 2.24) is 19.8 Å². The number of nitrogens with zero attached hydrogens (tertiary/aromatic N) is 4. The minimum atomic E-state index is -0.569. The van der Waals surface area contributed by atoms with Crippen LogP contribution in [0.1, 0.15) is 42.6 Å². The van der Waals surface area contributed by atoms with E-state index in [4.69, 9.17) is 10.2 Å². The molecule has 1 fully saturated rings. The van der Waals surface area contributed by atoms with Crippen molar-refractivity contribution < 1.29 is 9.21 Å². The number of guanidine groups is 1. The predicted octanol–water partition coefficient (Wildman–Crippen LogP) is 2.24. The van der Waals surface area contributed by atoms with Gasteiger partial charge in [-0.05, 0) is 31.4 Å². The number of carbonyl (C=O) groups is 1. The smallest absolute Gasteiger partial charge is 0.284 e. The van der Waals surface area contributed by atoms with Crippen LogP contribution in [0.3, 0.4) is 0 Å². The number of hydrogen-bond acceptors (Lipinski definition) is 4. The molecule has 0 radical (unpaired) electrons. The Morgan fingerprint density at radius 1 is 1.48 bits per heavy atom. The highest BCUT2D eigenvalue weighted by Gasteiger charge is 2.28. The quantitative estimate of drug-likeness (QED) is 0.384. The third-order valence-electron chi connectivity index (χ3n) is 4.75. The number of aromatic nitrogens is 2. The maximum Gasteiger partial charge on any atom is 0.284 e. The van der Waals surface area contributed by atoms with E-state index >= 15 is 0 Å². The molecule has 0 spiro atoms. The van der Waals surface area contributed by atoms with Crippen LogP contribution < -0.4 is 11.1 Å². The molecule has 3 rings (SSSR count). The summed E-state index contributed by atoms with van der Waals surface area (Å²) in [6.45, 7) is 7.29. The number of nitrogens with one attached hydrogen (secondary N) is 1. The Morgan fingerprint density at radius 2 is 2.30 bits per heavy atom. The first-order chi connectivity index (χ1) is 12.6. The standard InChI is InChI=1S/C18H26N6O2.HI/c1-3-21-18(22-10-14-4-5-16(26-14)17(19)25)23-8-6-13(2)15(11-23)24-9-7-20-12-24;/h4-5,7,9,12-13,15H,3,6,8,10-11H2,1-2H3,(H2,19,25)(H,21,22);1H. The summed E-state index contributed by atoms with van der Waals surface area (Å²) in [5.41, 5.74) is 5.23. The molecule has 1 amide bonds. The molecular weight excluding hydrogens is 459 g/mol. The molecule has 0 aromatic carbocycles. The lowest BCUT2D eigenvalue weighted by atomic mass is 9.93. The molecule has 1 saturated heterocycles. The van der Waals surface area contributed by atoms with Crippen LogP contribution in [0.15, 0.2) is 40.3 Å². The van der Waals surface area contributed by atoms with E-state index < -0.39 is 5.91 Å². The van der Waals surface area contributed by atoms with Gasteiger partial charge in [0.1, 0.15) is 12.3 Å². The van der Waals surface area contributed by atoms with Crippen molar-refractivity contribution in [1.29, 1.82) is 0 Å². The van der Waals surface area contributed by atoms with E-state index in [-0.39, 0.29) is 29.7 Å². The number of nitrogens with two attached hydrogens (primary N) is 1. The summed E-state index contributed by atoms with van der Waals surface area (Å²) >= 11 is 0. The Morgan fingerprint density at radius 3 is 2.93 bits per heavy atom. The molecule has 9 heteroatoms. The molecule has 8 nitrogen and oxygen atoms in total. The van der Waals surface area contributed by atoms with E-state index in [9.17, 15) is 4.79 Å². The number of amides is 1. The SMILES string of the molecule is CCNC(=NCc1ccc(C(N)=O)o1)N1CCC(C)C(n2ccnc2)C1.I. The van der Waals surface area contributed by atoms with Crippen LogP contribution in [0, 0.1) is 5.92 Å². The van der Waals surface area contributed by atoms with Gasteiger partial charge in [0.25, 0.3) is 5.91 Å². The fourth-order valence-electron chi connectivity index (χ4n) is 3.27. The van der Waals surface area contributed by atoms with E-state index in [2.05, 4.69) is 31.7 Å². The van der Waals surface area contributed by atoms with Crippen molar-refractivity contribution in [2.24, 2.45) is 16.6 Å². The van der Waals surface area contributed by atoms with E-state index in [1.54, 1.807) is 12.1 Å². The van der Waals surface area contributed by atoms with Gasteiger partial charge in [-0.25, -0.2) is 9.98 Å². The molecule has 0 aliphatic carbocycles. The lowest BCUT2D eigenvalue weighted by Crippen LogP contribution is -2.49. The monoisotopic (exact) mass is 486 g/mol. The molecular formula is C18H27IN6O2. The number of furan rings is 1. The van der Waals surface area contributed by atoms with Crippen LogP contribution in [-0.2, 0) is 6.54 Å². The van der Waals surface area contributed by atoms with Gasteiger partial charge in [-0.3, -0.25) is 4.79 Å². The highest BCUT2D eigenvalue weighted by molar-refractivity contribution is 14.0. The van der Waals surface area contributed by atoms with Crippen LogP contribution in [-0.4, -0.2) is 46.0 Å². The highest BCUT2D eigenvalue weighted by Crippen LogP contribution is 2.27. The molecule has 1 aliphatic heterocycles. The molecule has 0 bridgehead atoms. The second kappa shape index (κ2) is 9.77.